The number of nitrogens with one attached hydrogen (secondary N) is 3. The number of primary amides is 1. The number of aromatic nitrogens is 1. The van der Waals surface area contributed by atoms with Gasteiger partial charge in [0.1, 0.15) is 0 Å². The third-order valence-electron chi connectivity index (χ3n) is 4.52. The predicted molar refractivity (Wildman–Crippen MR) is 109 cm³/mol. The predicted octanol–water partition coefficient (Wildman–Crippen LogP) is 3.36. The Labute approximate surface area is 165 Å². The summed E-state index contributed by atoms with van der Waals surface area (Å²) in [6, 6.07) is 12.7. The van der Waals surface area contributed by atoms with Gasteiger partial charge in [-0.25, -0.2) is 9.59 Å². The average molecular weight is 388 g/mol. The van der Waals surface area contributed by atoms with E-state index in [1.807, 2.05) is 12.1 Å². The Hall–Kier alpha value is -4.33. The van der Waals surface area contributed by atoms with E-state index in [9.17, 15) is 14.4 Å². The number of hydrogen-bond acceptors (Lipinski definition) is 3. The van der Waals surface area contributed by atoms with Crippen molar-refractivity contribution in [3.63, 3.8) is 0 Å². The number of carboxylic acid groups (broad SMARTS) is 1. The number of carbonyl (C=O) groups excluding carboxylic acids is 2. The van der Waals surface area contributed by atoms with Crippen LogP contribution in [-0.2, 0) is 4.79 Å². The van der Waals surface area contributed by atoms with Gasteiger partial charge in [0.2, 0.25) is 0 Å². The molecule has 1 aliphatic heterocycles. The van der Waals surface area contributed by atoms with Gasteiger partial charge >= 0.3 is 12.0 Å². The van der Waals surface area contributed by atoms with Gasteiger partial charge in [-0.1, -0.05) is 12.1 Å². The lowest BCUT2D eigenvalue weighted by Gasteiger charge is -2.04. The maximum atomic E-state index is 12.4. The zero-order valence-corrected chi connectivity index (χ0v) is 15.0. The number of urea groups is 1. The van der Waals surface area contributed by atoms with Gasteiger partial charge in [-0.15, -0.1) is 0 Å². The Morgan fingerprint density at radius 2 is 1.90 bits per heavy atom. The summed E-state index contributed by atoms with van der Waals surface area (Å²) in [4.78, 5) is 37.7. The number of H-pyrrole nitrogens is 1. The van der Waals surface area contributed by atoms with Gasteiger partial charge in [-0.3, -0.25) is 4.79 Å². The van der Waals surface area contributed by atoms with E-state index < -0.39 is 12.0 Å². The van der Waals surface area contributed by atoms with Gasteiger partial charge in [0.05, 0.1) is 11.1 Å². The lowest BCUT2D eigenvalue weighted by molar-refractivity contribution is -0.110. The minimum atomic E-state index is -0.996. The molecule has 6 N–H and O–H groups in total. The number of aromatic amines is 1. The van der Waals surface area contributed by atoms with Crippen LogP contribution < -0.4 is 16.4 Å². The first-order chi connectivity index (χ1) is 13.9. The topological polar surface area (TPSA) is 137 Å². The molecule has 0 radical (unpaired) electrons. The van der Waals surface area contributed by atoms with Crippen molar-refractivity contribution in [1.29, 1.82) is 0 Å². The van der Waals surface area contributed by atoms with Crippen molar-refractivity contribution in [2.24, 2.45) is 5.73 Å². The largest absolute Gasteiger partial charge is 0.478 e. The number of fused-ring (bicyclic) bond motifs is 1. The molecule has 3 amide bonds. The molecule has 0 unspecified atom stereocenters. The summed E-state index contributed by atoms with van der Waals surface area (Å²) in [5, 5.41) is 14.4. The van der Waals surface area contributed by atoms with Gasteiger partial charge in [0, 0.05) is 28.8 Å². The Kier molecular flexibility index (Phi) is 4.36. The quantitative estimate of drug-likeness (QED) is 0.438. The molecule has 29 heavy (non-hydrogen) atoms. The summed E-state index contributed by atoms with van der Waals surface area (Å²) in [7, 11) is 0. The standard InChI is InChI=1S/C21H16N4O4/c22-21(29)24-14-4-5-18-16(8-14)17(19(26)25-18)9-15-7-13(10-23-15)11-2-1-3-12(6-11)20(27)28/h1-10,23H,(H,25,26)(H,27,28)(H3,22,24,29)/b17-9-. The molecule has 2 aromatic carbocycles. The van der Waals surface area contributed by atoms with Crippen molar-refractivity contribution < 1.29 is 19.5 Å². The minimum absolute atomic E-state index is 0.196. The second-order valence-corrected chi connectivity index (χ2v) is 6.49. The molecular formula is C21H16N4O4. The molecule has 0 saturated heterocycles. The fraction of sp³-hybridized carbons (Fsp3) is 0. The van der Waals surface area contributed by atoms with Crippen LogP contribution in [0.2, 0.25) is 0 Å². The fourth-order valence-corrected chi connectivity index (χ4v) is 3.20. The van der Waals surface area contributed by atoms with E-state index in [-0.39, 0.29) is 11.5 Å². The van der Waals surface area contributed by atoms with Crippen LogP contribution in [-0.4, -0.2) is 28.0 Å². The van der Waals surface area contributed by atoms with Crippen molar-refractivity contribution in [3.8, 4) is 11.1 Å². The van der Waals surface area contributed by atoms with E-state index in [1.54, 1.807) is 42.6 Å². The maximum Gasteiger partial charge on any atom is 0.335 e. The molecule has 0 atom stereocenters. The zero-order chi connectivity index (χ0) is 20.5. The number of hydrogen-bond donors (Lipinski definition) is 5. The molecule has 144 valence electrons. The molecule has 4 rings (SSSR count). The monoisotopic (exact) mass is 388 g/mol. The van der Waals surface area contributed by atoms with Crippen LogP contribution in [0.3, 0.4) is 0 Å². The number of nitrogens with two attached hydrogens (primary N) is 1. The summed E-state index contributed by atoms with van der Waals surface area (Å²) in [6.45, 7) is 0. The summed E-state index contributed by atoms with van der Waals surface area (Å²) in [5.74, 6) is -1.26. The van der Waals surface area contributed by atoms with Crippen LogP contribution in [0.5, 0.6) is 0 Å². The normalized spacial score (nSPS) is 13.8. The Bertz CT molecular complexity index is 1190. The highest BCUT2D eigenvalue weighted by Gasteiger charge is 2.24. The molecule has 0 fully saturated rings. The molecule has 0 saturated carbocycles. The van der Waals surface area contributed by atoms with Crippen LogP contribution in [0.4, 0.5) is 16.2 Å². The number of anilines is 2. The maximum absolute atomic E-state index is 12.4. The third-order valence-corrected chi connectivity index (χ3v) is 4.52. The summed E-state index contributed by atoms with van der Waals surface area (Å²) < 4.78 is 0. The van der Waals surface area contributed by atoms with Gasteiger partial charge in [-0.05, 0) is 53.6 Å². The molecule has 1 aromatic heterocycles. The van der Waals surface area contributed by atoms with Crippen LogP contribution in [0.15, 0.2) is 54.7 Å². The smallest absolute Gasteiger partial charge is 0.335 e. The lowest BCUT2D eigenvalue weighted by Crippen LogP contribution is -2.19. The summed E-state index contributed by atoms with van der Waals surface area (Å²) >= 11 is 0. The Morgan fingerprint density at radius 1 is 1.07 bits per heavy atom. The van der Waals surface area contributed by atoms with E-state index in [1.165, 1.54) is 6.07 Å². The number of amides is 3. The first kappa shape index (κ1) is 18.1. The van der Waals surface area contributed by atoms with Gasteiger partial charge < -0.3 is 26.5 Å². The Morgan fingerprint density at radius 3 is 2.66 bits per heavy atom. The van der Waals surface area contributed by atoms with Crippen molar-refractivity contribution in [1.82, 2.24) is 4.98 Å². The first-order valence-electron chi connectivity index (χ1n) is 8.67. The first-order valence-corrected chi connectivity index (χ1v) is 8.67. The van der Waals surface area contributed by atoms with E-state index in [0.717, 1.165) is 11.1 Å². The summed E-state index contributed by atoms with van der Waals surface area (Å²) in [5.41, 5.74) is 9.76. The Balaban J connectivity index is 1.68. The zero-order valence-electron chi connectivity index (χ0n) is 15.0. The van der Waals surface area contributed by atoms with Crippen molar-refractivity contribution in [2.45, 2.75) is 0 Å². The number of aromatic carboxylic acids is 1. The van der Waals surface area contributed by atoms with Gasteiger partial charge in [0.15, 0.2) is 0 Å². The second-order valence-electron chi connectivity index (χ2n) is 6.49. The molecule has 1 aliphatic rings. The van der Waals surface area contributed by atoms with Crippen LogP contribution in [0, 0.1) is 0 Å². The second kappa shape index (κ2) is 7.01. The van der Waals surface area contributed by atoms with Crippen molar-refractivity contribution >= 4 is 40.9 Å². The highest BCUT2D eigenvalue weighted by Crippen LogP contribution is 2.35. The third kappa shape index (κ3) is 3.59. The average Bonchev–Trinajstić information content (AvgIpc) is 3.27. The number of rotatable bonds is 4. The van der Waals surface area contributed by atoms with E-state index in [0.29, 0.717) is 28.2 Å². The minimum Gasteiger partial charge on any atom is -0.478 e. The highest BCUT2D eigenvalue weighted by molar-refractivity contribution is 6.35. The van der Waals surface area contributed by atoms with Crippen molar-refractivity contribution in [3.05, 3.63) is 71.5 Å². The van der Waals surface area contributed by atoms with Gasteiger partial charge in [0.25, 0.3) is 5.91 Å². The SMILES string of the molecule is NC(=O)Nc1ccc2c(c1)/C(=C/c1cc(-c3cccc(C(=O)O)c3)c[nH]1)C(=O)N2. The molecule has 0 aliphatic carbocycles. The van der Waals surface area contributed by atoms with Crippen LogP contribution in [0.25, 0.3) is 22.8 Å². The summed E-state index contributed by atoms with van der Waals surface area (Å²) in [6.07, 6.45) is 3.44. The fourth-order valence-electron chi connectivity index (χ4n) is 3.20. The molecule has 3 aromatic rings. The highest BCUT2D eigenvalue weighted by atomic mass is 16.4. The molecule has 0 spiro atoms. The van der Waals surface area contributed by atoms with Crippen molar-refractivity contribution in [2.75, 3.05) is 10.6 Å². The molecule has 8 nitrogen and oxygen atoms in total. The van der Waals surface area contributed by atoms with Gasteiger partial charge in [-0.2, -0.15) is 0 Å². The lowest BCUT2D eigenvalue weighted by atomic mass is 10.0. The molecule has 8 heteroatoms. The number of carboxylic acids is 1. The van der Waals surface area contributed by atoms with Crippen LogP contribution >= 0.6 is 0 Å². The van der Waals surface area contributed by atoms with E-state index >= 15 is 0 Å². The van der Waals surface area contributed by atoms with E-state index in [2.05, 4.69) is 15.6 Å². The van der Waals surface area contributed by atoms with E-state index in [4.69, 9.17) is 10.8 Å². The van der Waals surface area contributed by atoms with Crippen LogP contribution in [0.1, 0.15) is 21.6 Å². The molecular weight excluding hydrogens is 372 g/mol. The number of benzene rings is 2. The molecule has 2 heterocycles. The molecule has 0 bridgehead atoms. The number of carbonyl (C=O) groups is 3.